The fraction of sp³-hybridized carbons (Fsp3) is 0.0784. The Labute approximate surface area is 309 Å². The van der Waals surface area contributed by atoms with Crippen molar-refractivity contribution in [2.24, 2.45) is 4.99 Å². The van der Waals surface area contributed by atoms with Crippen LogP contribution in [0.1, 0.15) is 58.7 Å². The highest BCUT2D eigenvalue weighted by Crippen LogP contribution is 2.61. The first-order valence-corrected chi connectivity index (χ1v) is 18.7. The van der Waals surface area contributed by atoms with Crippen LogP contribution in [-0.2, 0) is 5.41 Å². The molecular weight excluding hydrogens is 641 g/mol. The van der Waals surface area contributed by atoms with Gasteiger partial charge in [-0.1, -0.05) is 152 Å². The molecule has 11 rings (SSSR count). The molecule has 7 aromatic carbocycles. The minimum Gasteiger partial charge on any atom is -0.309 e. The van der Waals surface area contributed by atoms with Crippen LogP contribution >= 0.6 is 0 Å². The summed E-state index contributed by atoms with van der Waals surface area (Å²) in [4.78, 5) is 5.60. The van der Waals surface area contributed by atoms with Crippen LogP contribution in [0, 0.1) is 0 Å². The number of rotatable bonds is 3. The second-order valence-electron chi connectivity index (χ2n) is 14.7. The third-order valence-electron chi connectivity index (χ3n) is 11.9. The van der Waals surface area contributed by atoms with Gasteiger partial charge < -0.3 is 4.57 Å². The molecule has 8 aromatic rings. The summed E-state index contributed by atoms with van der Waals surface area (Å²) in [6.07, 6.45) is 4.20. The largest absolute Gasteiger partial charge is 0.309 e. The Hall–Kier alpha value is -6.51. The second kappa shape index (κ2) is 11.5. The Bertz CT molecular complexity index is 2880. The van der Waals surface area contributed by atoms with E-state index in [0.29, 0.717) is 0 Å². The zero-order valence-electron chi connectivity index (χ0n) is 29.6. The van der Waals surface area contributed by atoms with E-state index in [9.17, 15) is 0 Å². The van der Waals surface area contributed by atoms with E-state index in [1.165, 1.54) is 77.6 Å². The molecule has 2 aliphatic heterocycles. The van der Waals surface area contributed by atoms with Crippen molar-refractivity contribution < 1.29 is 0 Å². The molecule has 250 valence electrons. The van der Waals surface area contributed by atoms with E-state index in [4.69, 9.17) is 4.99 Å². The number of para-hydroxylation sites is 3. The summed E-state index contributed by atoms with van der Waals surface area (Å²) >= 11 is 0. The fourth-order valence-electron chi connectivity index (χ4n) is 9.58. The summed E-state index contributed by atoms with van der Waals surface area (Å²) in [5, 5.41) is 2.59. The number of hydrogen-bond acceptors (Lipinski definition) is 1. The Morgan fingerprint density at radius 3 is 2.02 bits per heavy atom. The number of hydrogen-bond donors (Lipinski definition) is 0. The van der Waals surface area contributed by atoms with Gasteiger partial charge in [-0.25, -0.2) is 4.99 Å². The van der Waals surface area contributed by atoms with Gasteiger partial charge >= 0.3 is 0 Å². The molecule has 2 heteroatoms. The monoisotopic (exact) mass is 676 g/mol. The van der Waals surface area contributed by atoms with Crippen LogP contribution in [-0.4, -0.2) is 10.3 Å². The lowest BCUT2D eigenvalue weighted by Gasteiger charge is -2.39. The number of nitrogens with zero attached hydrogens (tertiary/aromatic N) is 2. The Morgan fingerprint density at radius 2 is 1.17 bits per heavy atom. The predicted molar refractivity (Wildman–Crippen MR) is 221 cm³/mol. The van der Waals surface area contributed by atoms with Gasteiger partial charge in [-0.2, -0.15) is 0 Å². The minimum atomic E-state index is -0.495. The van der Waals surface area contributed by atoms with Crippen LogP contribution in [0.5, 0.6) is 0 Å². The molecule has 0 N–H and O–H groups in total. The van der Waals surface area contributed by atoms with E-state index in [1.54, 1.807) is 0 Å². The smallest absolute Gasteiger partial charge is 0.0754 e. The highest BCUT2D eigenvalue weighted by Gasteiger charge is 2.50. The normalized spacial score (nSPS) is 20.5. The summed E-state index contributed by atoms with van der Waals surface area (Å²) in [6.45, 7) is 2.28. The van der Waals surface area contributed by atoms with Crippen LogP contribution in [0.3, 0.4) is 0 Å². The van der Waals surface area contributed by atoms with E-state index >= 15 is 0 Å². The van der Waals surface area contributed by atoms with Crippen molar-refractivity contribution in [2.45, 2.75) is 25.2 Å². The van der Waals surface area contributed by atoms with Gasteiger partial charge in [-0.05, 0) is 94.1 Å². The average molecular weight is 677 g/mol. The van der Waals surface area contributed by atoms with Gasteiger partial charge in [0, 0.05) is 21.9 Å². The molecule has 1 aliphatic carbocycles. The van der Waals surface area contributed by atoms with Crippen molar-refractivity contribution in [3.05, 3.63) is 220 Å². The summed E-state index contributed by atoms with van der Waals surface area (Å²) in [5.74, 6) is 0. The number of allylic oxidation sites excluding steroid dienone is 3. The van der Waals surface area contributed by atoms with E-state index in [2.05, 4.69) is 187 Å². The molecule has 0 amide bonds. The molecule has 1 aromatic heterocycles. The third kappa shape index (κ3) is 4.24. The number of fused-ring (bicyclic) bond motifs is 12. The molecule has 0 radical (unpaired) electrons. The molecule has 1 atom stereocenters. The first kappa shape index (κ1) is 30.1. The molecule has 0 bridgehead atoms. The zero-order valence-corrected chi connectivity index (χ0v) is 29.6. The molecule has 3 heterocycles. The Kier molecular flexibility index (Phi) is 6.54. The van der Waals surface area contributed by atoms with Crippen LogP contribution in [0.4, 0.5) is 0 Å². The van der Waals surface area contributed by atoms with Crippen LogP contribution in [0.25, 0.3) is 49.9 Å². The van der Waals surface area contributed by atoms with E-state index in [-0.39, 0.29) is 0 Å². The maximum atomic E-state index is 5.60. The van der Waals surface area contributed by atoms with Crippen molar-refractivity contribution in [3.63, 3.8) is 0 Å². The quantitative estimate of drug-likeness (QED) is 0.177. The van der Waals surface area contributed by atoms with E-state index in [1.807, 2.05) is 0 Å². The van der Waals surface area contributed by atoms with Gasteiger partial charge in [0.25, 0.3) is 0 Å². The van der Waals surface area contributed by atoms with Crippen molar-refractivity contribution in [2.75, 3.05) is 0 Å². The second-order valence-corrected chi connectivity index (χ2v) is 14.7. The lowest BCUT2D eigenvalue weighted by molar-refractivity contribution is 0.748. The van der Waals surface area contributed by atoms with Crippen LogP contribution < -0.4 is 0 Å². The lowest BCUT2D eigenvalue weighted by Crippen LogP contribution is -2.33. The first-order valence-electron chi connectivity index (χ1n) is 18.7. The van der Waals surface area contributed by atoms with Gasteiger partial charge in [0.05, 0.1) is 33.5 Å². The van der Waals surface area contributed by atoms with Gasteiger partial charge in [0.15, 0.2) is 0 Å². The standard InChI is InChI=1S/C51H36N2/c1-33-27-28-36(34-15-4-2-5-16-34)32-46(35-17-6-3-7-18-35)52-49(33)37-29-30-39-38-19-8-10-22-42(38)51(45(39)31-37)43-23-11-13-26-48(43)53-47-25-12-9-20-40(47)41-21-14-24-44(51)50(41)53/h2-26,29-32H,27-28H2,1H3/b36-32+,49-33+,52-46+. The molecule has 1 unspecified atom stereocenters. The first-order chi connectivity index (χ1) is 26.2. The van der Waals surface area contributed by atoms with E-state index < -0.39 is 5.41 Å². The summed E-state index contributed by atoms with van der Waals surface area (Å²) < 4.78 is 2.51. The molecule has 0 saturated carbocycles. The van der Waals surface area contributed by atoms with Gasteiger partial charge in [0.1, 0.15) is 0 Å². The van der Waals surface area contributed by atoms with Crippen molar-refractivity contribution in [1.29, 1.82) is 0 Å². The minimum absolute atomic E-state index is 0.495. The highest BCUT2D eigenvalue weighted by atomic mass is 15.0. The zero-order chi connectivity index (χ0) is 35.1. The topological polar surface area (TPSA) is 17.3 Å². The molecular formula is C51H36N2. The molecule has 2 nitrogen and oxygen atoms in total. The number of benzene rings is 7. The maximum absolute atomic E-state index is 5.60. The molecule has 3 aliphatic rings. The fourth-order valence-corrected chi connectivity index (χ4v) is 9.58. The van der Waals surface area contributed by atoms with Crippen molar-refractivity contribution >= 4 is 38.8 Å². The Morgan fingerprint density at radius 1 is 0.509 bits per heavy atom. The van der Waals surface area contributed by atoms with Gasteiger partial charge in [-0.15, -0.1) is 0 Å². The summed E-state index contributed by atoms with van der Waals surface area (Å²) in [6, 6.07) is 62.6. The van der Waals surface area contributed by atoms with E-state index in [0.717, 1.165) is 35.4 Å². The van der Waals surface area contributed by atoms with Crippen LogP contribution in [0.15, 0.2) is 186 Å². The SMILES string of the molecule is C\C1=C(c2ccc3c(c2)C2(c4ccccc4-3)c3ccccc3-n3c4ccccc4c4cccc2c43)/N=C(c2ccccc2)\C=C(\c2ccccc2)CC1. The lowest BCUT2D eigenvalue weighted by atomic mass is 9.65. The van der Waals surface area contributed by atoms with Crippen molar-refractivity contribution in [3.8, 4) is 16.8 Å². The number of aromatic nitrogens is 1. The molecule has 0 saturated heterocycles. The summed E-state index contributed by atoms with van der Waals surface area (Å²) in [7, 11) is 0. The molecule has 1 spiro atoms. The molecule has 53 heavy (non-hydrogen) atoms. The Balaban J connectivity index is 1.20. The number of aliphatic imine (C=N–C) groups is 1. The third-order valence-corrected chi connectivity index (χ3v) is 11.9. The average Bonchev–Trinajstić information content (AvgIpc) is 3.71. The highest BCUT2D eigenvalue weighted by molar-refractivity contribution is 6.15. The predicted octanol–water partition coefficient (Wildman–Crippen LogP) is 12.6. The van der Waals surface area contributed by atoms with Gasteiger partial charge in [0.2, 0.25) is 0 Å². The van der Waals surface area contributed by atoms with Crippen molar-refractivity contribution in [1.82, 2.24) is 4.57 Å². The van der Waals surface area contributed by atoms with Crippen LogP contribution in [0.2, 0.25) is 0 Å². The van der Waals surface area contributed by atoms with Gasteiger partial charge in [-0.3, -0.25) is 0 Å². The maximum Gasteiger partial charge on any atom is 0.0754 e. The summed E-state index contributed by atoms with van der Waals surface area (Å²) in [5.41, 5.74) is 19.4. The molecule has 0 fully saturated rings.